The van der Waals surface area contributed by atoms with Crippen molar-refractivity contribution in [3.63, 3.8) is 0 Å². The highest BCUT2D eigenvalue weighted by molar-refractivity contribution is 7.89. The van der Waals surface area contributed by atoms with Gasteiger partial charge in [0.05, 0.1) is 10.5 Å². The predicted molar refractivity (Wildman–Crippen MR) is 92.1 cm³/mol. The van der Waals surface area contributed by atoms with Crippen LogP contribution in [0.25, 0.3) is 0 Å². The van der Waals surface area contributed by atoms with Gasteiger partial charge in [-0.25, -0.2) is 13.1 Å². The molecular formula is C15H26N4O3S. The number of methoxy groups -OCH3 is 1. The number of benzene rings is 1. The van der Waals surface area contributed by atoms with Crippen LogP contribution in [0.15, 0.2) is 40.2 Å². The molecule has 130 valence electrons. The lowest BCUT2D eigenvalue weighted by molar-refractivity contribution is 0.0268. The van der Waals surface area contributed by atoms with Crippen LogP contribution >= 0.6 is 0 Å². The number of ether oxygens (including phenoxy) is 1. The molecule has 0 unspecified atom stereocenters. The predicted octanol–water partition coefficient (Wildman–Crippen LogP) is 0.555. The molecule has 1 aromatic rings. The normalized spacial score (nSPS) is 13.0. The fourth-order valence-corrected chi connectivity index (χ4v) is 2.69. The summed E-state index contributed by atoms with van der Waals surface area (Å²) in [6.07, 6.45) is 0. The quantitative estimate of drug-likeness (QED) is 0.365. The van der Waals surface area contributed by atoms with Crippen LogP contribution in [0.4, 0.5) is 0 Å². The third-order valence-corrected chi connectivity index (χ3v) is 4.70. The zero-order valence-corrected chi connectivity index (χ0v) is 14.9. The number of sulfonamides is 1. The summed E-state index contributed by atoms with van der Waals surface area (Å²) in [5.74, 6) is 0.592. The minimum absolute atomic E-state index is 0.254. The molecule has 0 amide bonds. The fourth-order valence-electron chi connectivity index (χ4n) is 1.64. The molecule has 0 aliphatic heterocycles. The van der Waals surface area contributed by atoms with Gasteiger partial charge in [-0.05, 0) is 26.0 Å². The maximum Gasteiger partial charge on any atom is 0.240 e. The Kier molecular flexibility index (Phi) is 7.47. The van der Waals surface area contributed by atoms with E-state index in [0.717, 1.165) is 0 Å². The van der Waals surface area contributed by atoms with Crippen LogP contribution in [0.1, 0.15) is 13.8 Å². The Bertz CT molecular complexity index is 600. The molecule has 1 rings (SSSR count). The molecule has 1 aromatic carbocycles. The van der Waals surface area contributed by atoms with Crippen LogP contribution in [0.3, 0.4) is 0 Å². The van der Waals surface area contributed by atoms with E-state index in [1.807, 2.05) is 13.8 Å². The van der Waals surface area contributed by atoms with Gasteiger partial charge in [-0.2, -0.15) is 0 Å². The Labute approximate surface area is 138 Å². The number of guanidine groups is 1. The molecule has 0 bridgehead atoms. The van der Waals surface area contributed by atoms with E-state index in [-0.39, 0.29) is 17.0 Å². The van der Waals surface area contributed by atoms with Gasteiger partial charge < -0.3 is 15.4 Å². The number of aliphatic imine (C=N–C) groups is 1. The van der Waals surface area contributed by atoms with Crippen molar-refractivity contribution in [1.82, 2.24) is 15.4 Å². The Morgan fingerprint density at radius 3 is 2.39 bits per heavy atom. The SMILES string of the molecule is CN=C(NCCNS(=O)(=O)c1ccccc1)NCC(C)(C)OC. The molecule has 0 saturated heterocycles. The summed E-state index contributed by atoms with van der Waals surface area (Å²) in [5, 5.41) is 6.17. The summed E-state index contributed by atoms with van der Waals surface area (Å²) in [7, 11) is -0.170. The average Bonchev–Trinajstić information content (AvgIpc) is 2.55. The average molecular weight is 342 g/mol. The van der Waals surface area contributed by atoms with Crippen LogP contribution in [-0.4, -0.2) is 53.8 Å². The molecule has 0 heterocycles. The Morgan fingerprint density at radius 1 is 1.17 bits per heavy atom. The maximum atomic E-state index is 12.0. The number of hydrogen-bond donors (Lipinski definition) is 3. The van der Waals surface area contributed by atoms with Crippen molar-refractivity contribution < 1.29 is 13.2 Å². The maximum absolute atomic E-state index is 12.0. The molecule has 0 aliphatic rings. The minimum Gasteiger partial charge on any atom is -0.377 e. The van der Waals surface area contributed by atoms with E-state index in [2.05, 4.69) is 20.3 Å². The lowest BCUT2D eigenvalue weighted by Gasteiger charge is -2.24. The monoisotopic (exact) mass is 342 g/mol. The summed E-state index contributed by atoms with van der Waals surface area (Å²) >= 11 is 0. The highest BCUT2D eigenvalue weighted by Gasteiger charge is 2.16. The molecule has 0 aromatic heterocycles. The Balaban J connectivity index is 2.38. The second-order valence-corrected chi connectivity index (χ2v) is 7.29. The summed E-state index contributed by atoms with van der Waals surface area (Å²) in [4.78, 5) is 4.33. The molecule has 0 atom stereocenters. The second-order valence-electron chi connectivity index (χ2n) is 5.53. The van der Waals surface area contributed by atoms with E-state index in [1.165, 1.54) is 0 Å². The topological polar surface area (TPSA) is 91.8 Å². The van der Waals surface area contributed by atoms with Crippen molar-refractivity contribution in [2.75, 3.05) is 33.8 Å². The highest BCUT2D eigenvalue weighted by atomic mass is 32.2. The van der Waals surface area contributed by atoms with Gasteiger partial charge in [-0.1, -0.05) is 18.2 Å². The van der Waals surface area contributed by atoms with Gasteiger partial charge >= 0.3 is 0 Å². The Morgan fingerprint density at radius 2 is 1.83 bits per heavy atom. The molecule has 0 radical (unpaired) electrons. The zero-order chi connectivity index (χ0) is 17.3. The van der Waals surface area contributed by atoms with Gasteiger partial charge in [0.15, 0.2) is 5.96 Å². The molecule has 8 heteroatoms. The smallest absolute Gasteiger partial charge is 0.240 e. The van der Waals surface area contributed by atoms with E-state index in [4.69, 9.17) is 4.74 Å². The van der Waals surface area contributed by atoms with Gasteiger partial charge in [0.1, 0.15) is 0 Å². The van der Waals surface area contributed by atoms with E-state index in [9.17, 15) is 8.42 Å². The van der Waals surface area contributed by atoms with Gasteiger partial charge in [0.2, 0.25) is 10.0 Å². The van der Waals surface area contributed by atoms with Gasteiger partial charge in [0, 0.05) is 33.8 Å². The van der Waals surface area contributed by atoms with E-state index >= 15 is 0 Å². The van der Waals surface area contributed by atoms with Crippen molar-refractivity contribution in [3.8, 4) is 0 Å². The largest absolute Gasteiger partial charge is 0.377 e. The van der Waals surface area contributed by atoms with Crippen molar-refractivity contribution in [1.29, 1.82) is 0 Å². The molecule has 0 aliphatic carbocycles. The summed E-state index contributed by atoms with van der Waals surface area (Å²) in [6.45, 7) is 5.17. The van der Waals surface area contributed by atoms with Crippen LogP contribution in [0, 0.1) is 0 Å². The van der Waals surface area contributed by atoms with E-state index in [0.29, 0.717) is 19.0 Å². The third kappa shape index (κ3) is 6.98. The summed E-state index contributed by atoms with van der Waals surface area (Å²) in [5.41, 5.74) is -0.313. The van der Waals surface area contributed by atoms with Crippen molar-refractivity contribution in [3.05, 3.63) is 30.3 Å². The van der Waals surface area contributed by atoms with Crippen LogP contribution in [0.5, 0.6) is 0 Å². The first-order valence-electron chi connectivity index (χ1n) is 7.35. The van der Waals surface area contributed by atoms with Crippen LogP contribution in [-0.2, 0) is 14.8 Å². The standard InChI is InChI=1S/C15H26N4O3S/c1-15(2,22-4)12-18-14(16-3)17-10-11-19-23(20,21)13-8-6-5-7-9-13/h5-9,19H,10-12H2,1-4H3,(H2,16,17,18). The third-order valence-electron chi connectivity index (χ3n) is 3.22. The summed E-state index contributed by atoms with van der Waals surface area (Å²) in [6, 6.07) is 8.27. The van der Waals surface area contributed by atoms with Gasteiger partial charge in [-0.3, -0.25) is 4.99 Å². The van der Waals surface area contributed by atoms with Crippen LogP contribution in [0.2, 0.25) is 0 Å². The lowest BCUT2D eigenvalue weighted by atomic mass is 10.1. The minimum atomic E-state index is -3.47. The highest BCUT2D eigenvalue weighted by Crippen LogP contribution is 2.06. The van der Waals surface area contributed by atoms with E-state index in [1.54, 1.807) is 44.5 Å². The number of rotatable bonds is 8. The van der Waals surface area contributed by atoms with Gasteiger partial charge in [-0.15, -0.1) is 0 Å². The molecule has 0 saturated carbocycles. The molecular weight excluding hydrogens is 316 g/mol. The number of nitrogens with zero attached hydrogens (tertiary/aromatic N) is 1. The Hall–Kier alpha value is -1.64. The number of nitrogens with one attached hydrogen (secondary N) is 3. The van der Waals surface area contributed by atoms with Crippen molar-refractivity contribution in [2.24, 2.45) is 4.99 Å². The zero-order valence-electron chi connectivity index (χ0n) is 14.1. The van der Waals surface area contributed by atoms with Crippen molar-refractivity contribution >= 4 is 16.0 Å². The molecule has 0 fully saturated rings. The van der Waals surface area contributed by atoms with Gasteiger partial charge in [0.25, 0.3) is 0 Å². The van der Waals surface area contributed by atoms with Crippen LogP contribution < -0.4 is 15.4 Å². The lowest BCUT2D eigenvalue weighted by Crippen LogP contribution is -2.46. The molecule has 23 heavy (non-hydrogen) atoms. The molecule has 7 nitrogen and oxygen atoms in total. The molecule has 3 N–H and O–H groups in total. The number of hydrogen-bond acceptors (Lipinski definition) is 4. The fraction of sp³-hybridized carbons (Fsp3) is 0.533. The summed E-state index contributed by atoms with van der Waals surface area (Å²) < 4.78 is 31.9. The first kappa shape index (κ1) is 19.4. The van der Waals surface area contributed by atoms with Crippen molar-refractivity contribution in [2.45, 2.75) is 24.3 Å². The van der Waals surface area contributed by atoms with E-state index < -0.39 is 10.0 Å². The molecule has 0 spiro atoms. The second kappa shape index (κ2) is 8.85. The first-order valence-corrected chi connectivity index (χ1v) is 8.83. The first-order chi connectivity index (χ1) is 10.8.